The molecule has 0 nitrogen and oxygen atoms in total. The molecule has 32 valence electrons. The average Bonchev–Trinajstić information content (AvgIpc) is 1.86. The summed E-state index contributed by atoms with van der Waals surface area (Å²) in [4.78, 5) is 0. The van der Waals surface area contributed by atoms with Crippen molar-refractivity contribution >= 4 is 25.2 Å². The Morgan fingerprint density at radius 2 is 2.50 bits per heavy atom. The van der Waals surface area contributed by atoms with Crippen molar-refractivity contribution in [3.8, 4) is 0 Å². The molecule has 1 heterocycles. The second-order valence-corrected chi connectivity index (χ2v) is 3.04. The minimum atomic E-state index is 1.30. The number of thiophene rings is 1. The Labute approximate surface area is 43.4 Å². The van der Waals surface area contributed by atoms with Crippen LogP contribution in [0.3, 0.4) is 0 Å². The lowest BCUT2D eigenvalue weighted by atomic mass is 10.7. The van der Waals surface area contributed by atoms with Crippen molar-refractivity contribution in [1.29, 1.82) is 0 Å². The van der Waals surface area contributed by atoms with E-state index in [2.05, 4.69) is 20.7 Å². The van der Waals surface area contributed by atoms with Crippen LogP contribution in [0.1, 0.15) is 0 Å². The van der Waals surface area contributed by atoms with Gasteiger partial charge in [-0.3, -0.25) is 0 Å². The Morgan fingerprint density at radius 1 is 1.67 bits per heavy atom. The van der Waals surface area contributed by atoms with Gasteiger partial charge in [-0.1, -0.05) is 15.3 Å². The molecule has 0 spiro atoms. The summed E-state index contributed by atoms with van der Waals surface area (Å²) in [5.41, 5.74) is 0. The lowest BCUT2D eigenvalue weighted by Gasteiger charge is -1.65. The Balaban J connectivity index is 3.05. The lowest BCUT2D eigenvalue weighted by Crippen LogP contribution is -1.68. The van der Waals surface area contributed by atoms with E-state index in [9.17, 15) is 0 Å². The lowest BCUT2D eigenvalue weighted by molar-refractivity contribution is 2.08. The second kappa shape index (κ2) is 1.72. The highest BCUT2D eigenvalue weighted by molar-refractivity contribution is 7.42. The Morgan fingerprint density at radius 3 is 2.67 bits per heavy atom. The summed E-state index contributed by atoms with van der Waals surface area (Å²) in [6.07, 6.45) is 0. The third-order valence-electron chi connectivity index (χ3n) is 0.543. The molecule has 0 bridgehead atoms. The minimum absolute atomic E-state index is 1.30. The van der Waals surface area contributed by atoms with Gasteiger partial charge in [0, 0.05) is 4.62 Å². The molecule has 0 aliphatic rings. The number of hydrogen-bond acceptors (Lipinski definition) is 1. The van der Waals surface area contributed by atoms with Gasteiger partial charge in [-0.2, -0.15) is 0 Å². The molecule has 1 aromatic rings. The van der Waals surface area contributed by atoms with Crippen LogP contribution in [0.2, 0.25) is 0 Å². The molecular formula is C4H5PS. The van der Waals surface area contributed by atoms with Crippen molar-refractivity contribution in [2.24, 2.45) is 0 Å². The van der Waals surface area contributed by atoms with E-state index < -0.39 is 0 Å². The van der Waals surface area contributed by atoms with Crippen molar-refractivity contribution in [1.82, 2.24) is 0 Å². The summed E-state index contributed by atoms with van der Waals surface area (Å²) in [7, 11) is 2.63. The molecule has 0 radical (unpaired) electrons. The molecule has 2 heteroatoms. The van der Waals surface area contributed by atoms with Crippen molar-refractivity contribution in [2.45, 2.75) is 0 Å². The van der Waals surface area contributed by atoms with Crippen LogP contribution in [0.15, 0.2) is 17.5 Å². The maximum absolute atomic E-state index is 2.63. The van der Waals surface area contributed by atoms with Gasteiger partial charge in [0.1, 0.15) is 0 Å². The Bertz CT molecular complexity index is 111. The molecule has 0 N–H and O–H groups in total. The van der Waals surface area contributed by atoms with E-state index in [1.54, 1.807) is 11.3 Å². The fraction of sp³-hybridized carbons (Fsp3) is 0. The van der Waals surface area contributed by atoms with Crippen LogP contribution in [-0.4, -0.2) is 0 Å². The van der Waals surface area contributed by atoms with Gasteiger partial charge in [0.25, 0.3) is 0 Å². The fourth-order valence-corrected chi connectivity index (χ4v) is 1.11. The molecule has 0 aliphatic carbocycles. The summed E-state index contributed by atoms with van der Waals surface area (Å²) < 4.78 is 1.30. The maximum atomic E-state index is 2.63. The Hall–Kier alpha value is 0.130. The minimum Gasteiger partial charge on any atom is -0.145 e. The summed E-state index contributed by atoms with van der Waals surface area (Å²) in [6.45, 7) is 0. The summed E-state index contributed by atoms with van der Waals surface area (Å²) in [5, 5.41) is 2.06. The highest BCUT2D eigenvalue weighted by atomic mass is 32.1. The summed E-state index contributed by atoms with van der Waals surface area (Å²) in [6, 6.07) is 4.10. The van der Waals surface area contributed by atoms with Gasteiger partial charge in [-0.15, -0.1) is 11.3 Å². The van der Waals surface area contributed by atoms with Gasteiger partial charge in [-0.25, -0.2) is 0 Å². The topological polar surface area (TPSA) is 0 Å². The van der Waals surface area contributed by atoms with Gasteiger partial charge in [0.05, 0.1) is 0 Å². The molecule has 0 aromatic carbocycles. The fourth-order valence-electron chi connectivity index (χ4n) is 0.291. The first-order valence-corrected chi connectivity index (χ1v) is 3.14. The molecule has 1 aromatic heterocycles. The third kappa shape index (κ3) is 0.796. The van der Waals surface area contributed by atoms with Crippen LogP contribution < -0.4 is 4.62 Å². The molecule has 0 amide bonds. The molecular weight excluding hydrogens is 111 g/mol. The number of hydrogen-bond donors (Lipinski definition) is 0. The summed E-state index contributed by atoms with van der Waals surface area (Å²) >= 11 is 1.74. The molecule has 0 fully saturated rings. The van der Waals surface area contributed by atoms with Gasteiger partial charge < -0.3 is 0 Å². The zero-order valence-corrected chi connectivity index (χ0v) is 5.19. The first kappa shape index (κ1) is 4.29. The van der Waals surface area contributed by atoms with E-state index in [0.29, 0.717) is 0 Å². The molecule has 6 heavy (non-hydrogen) atoms. The second-order valence-electron chi connectivity index (χ2n) is 1.02. The van der Waals surface area contributed by atoms with Crippen LogP contribution in [-0.2, 0) is 0 Å². The zero-order valence-electron chi connectivity index (χ0n) is 3.22. The molecule has 0 saturated heterocycles. The SMILES string of the molecule is Pc1cccs1. The van der Waals surface area contributed by atoms with Gasteiger partial charge in [0.2, 0.25) is 0 Å². The van der Waals surface area contributed by atoms with E-state index in [0.717, 1.165) is 0 Å². The van der Waals surface area contributed by atoms with Crippen LogP contribution in [0, 0.1) is 0 Å². The largest absolute Gasteiger partial charge is 0.145 e. The maximum Gasteiger partial charge on any atom is 0.0216 e. The van der Waals surface area contributed by atoms with Crippen molar-refractivity contribution in [3.05, 3.63) is 17.5 Å². The smallest absolute Gasteiger partial charge is 0.0216 e. The van der Waals surface area contributed by atoms with Gasteiger partial charge in [0.15, 0.2) is 0 Å². The highest BCUT2D eigenvalue weighted by Gasteiger charge is 1.74. The quantitative estimate of drug-likeness (QED) is 0.447. The highest BCUT2D eigenvalue weighted by Crippen LogP contribution is 1.96. The van der Waals surface area contributed by atoms with Crippen LogP contribution in [0.4, 0.5) is 0 Å². The van der Waals surface area contributed by atoms with Crippen molar-refractivity contribution in [2.75, 3.05) is 0 Å². The van der Waals surface area contributed by atoms with Crippen LogP contribution >= 0.6 is 20.6 Å². The van der Waals surface area contributed by atoms with Crippen molar-refractivity contribution < 1.29 is 0 Å². The first-order valence-electron chi connectivity index (χ1n) is 1.68. The molecule has 1 atom stereocenters. The van der Waals surface area contributed by atoms with Gasteiger partial charge in [-0.05, 0) is 11.4 Å². The molecule has 0 saturated carbocycles. The third-order valence-corrected chi connectivity index (χ3v) is 1.85. The standard InChI is InChI=1S/C4H5PS/c5-4-2-1-3-6-4/h1-3H,5H2. The van der Waals surface area contributed by atoms with Crippen LogP contribution in [0.25, 0.3) is 0 Å². The van der Waals surface area contributed by atoms with E-state index in [4.69, 9.17) is 0 Å². The zero-order chi connectivity index (χ0) is 4.41. The summed E-state index contributed by atoms with van der Waals surface area (Å²) in [5.74, 6) is 0. The first-order chi connectivity index (χ1) is 2.89. The van der Waals surface area contributed by atoms with Gasteiger partial charge >= 0.3 is 0 Å². The normalized spacial score (nSPS) is 8.83. The van der Waals surface area contributed by atoms with E-state index in [1.165, 1.54) is 4.62 Å². The van der Waals surface area contributed by atoms with Crippen molar-refractivity contribution in [3.63, 3.8) is 0 Å². The predicted molar refractivity (Wildman–Crippen MR) is 33.7 cm³/mol. The van der Waals surface area contributed by atoms with E-state index >= 15 is 0 Å². The van der Waals surface area contributed by atoms with Crippen LogP contribution in [0.5, 0.6) is 0 Å². The van der Waals surface area contributed by atoms with E-state index in [1.807, 2.05) is 6.07 Å². The average molecular weight is 116 g/mol. The van der Waals surface area contributed by atoms with E-state index in [-0.39, 0.29) is 0 Å². The Kier molecular flexibility index (Phi) is 1.23. The predicted octanol–water partition coefficient (Wildman–Crippen LogP) is 1.25. The monoisotopic (exact) mass is 116 g/mol. The molecule has 1 rings (SSSR count). The number of rotatable bonds is 0. The molecule has 1 unspecified atom stereocenters. The molecule has 0 aliphatic heterocycles.